The highest BCUT2D eigenvalue weighted by atomic mass is 32.2. The average Bonchev–Trinajstić information content (AvgIpc) is 3.30. The molecule has 130 valence electrons. The summed E-state index contributed by atoms with van der Waals surface area (Å²) in [6.45, 7) is 2.06. The molecule has 2 heterocycles. The normalized spacial score (nSPS) is 10.8. The number of aromatic nitrogens is 3. The second-order valence-corrected chi connectivity index (χ2v) is 7.87. The van der Waals surface area contributed by atoms with Gasteiger partial charge in [0, 0.05) is 17.0 Å². The van der Waals surface area contributed by atoms with Gasteiger partial charge in [0.1, 0.15) is 6.26 Å². The molecule has 1 N–H and O–H groups in total. The summed E-state index contributed by atoms with van der Waals surface area (Å²) in [5.74, 6) is 1.33. The van der Waals surface area contributed by atoms with Gasteiger partial charge in [-0.1, -0.05) is 53.4 Å². The molecule has 0 aliphatic carbocycles. The maximum Gasteiger partial charge on any atom is 0.226 e. The van der Waals surface area contributed by atoms with Crippen LogP contribution in [0.3, 0.4) is 0 Å². The molecule has 0 saturated carbocycles. The molecule has 0 unspecified atom stereocenters. The molecule has 0 amide bonds. The van der Waals surface area contributed by atoms with Crippen molar-refractivity contribution in [1.29, 1.82) is 0 Å². The summed E-state index contributed by atoms with van der Waals surface area (Å²) < 4.78 is 6.46. The number of anilines is 2. The Hall–Kier alpha value is -2.64. The molecule has 4 aromatic rings. The van der Waals surface area contributed by atoms with Gasteiger partial charge in [0.15, 0.2) is 4.34 Å². The van der Waals surface area contributed by atoms with E-state index in [-0.39, 0.29) is 0 Å². The van der Waals surface area contributed by atoms with Crippen LogP contribution in [0.1, 0.15) is 11.3 Å². The predicted octanol–water partition coefficient (Wildman–Crippen LogP) is 5.54. The lowest BCUT2D eigenvalue weighted by Crippen LogP contribution is -1.89. The van der Waals surface area contributed by atoms with Crippen LogP contribution in [0.25, 0.3) is 11.5 Å². The van der Waals surface area contributed by atoms with E-state index < -0.39 is 0 Å². The molecule has 0 bridgehead atoms. The van der Waals surface area contributed by atoms with Crippen LogP contribution < -0.4 is 5.32 Å². The zero-order valence-corrected chi connectivity index (χ0v) is 15.7. The molecule has 2 aromatic heterocycles. The number of hydrogen-bond donors (Lipinski definition) is 1. The highest BCUT2D eigenvalue weighted by Gasteiger charge is 2.09. The molecule has 4 rings (SSSR count). The van der Waals surface area contributed by atoms with E-state index >= 15 is 0 Å². The fourth-order valence-corrected chi connectivity index (χ4v) is 4.04. The zero-order valence-electron chi connectivity index (χ0n) is 14.0. The van der Waals surface area contributed by atoms with E-state index in [1.165, 1.54) is 16.9 Å². The summed E-state index contributed by atoms with van der Waals surface area (Å²) in [6, 6.07) is 18.1. The van der Waals surface area contributed by atoms with Crippen LogP contribution >= 0.6 is 23.1 Å². The first kappa shape index (κ1) is 16.8. The quantitative estimate of drug-likeness (QED) is 0.443. The number of aryl methyl sites for hydroxylation is 1. The van der Waals surface area contributed by atoms with Crippen LogP contribution in [0.2, 0.25) is 0 Å². The highest BCUT2D eigenvalue weighted by Crippen LogP contribution is 2.30. The lowest BCUT2D eigenvalue weighted by molar-refractivity contribution is 0.573. The zero-order chi connectivity index (χ0) is 17.8. The molecule has 2 aromatic carbocycles. The van der Waals surface area contributed by atoms with Crippen LogP contribution in [0.5, 0.6) is 0 Å². The van der Waals surface area contributed by atoms with Gasteiger partial charge in [-0.15, -0.1) is 10.2 Å². The van der Waals surface area contributed by atoms with Crippen LogP contribution in [0.4, 0.5) is 10.8 Å². The minimum atomic E-state index is 0.639. The summed E-state index contributed by atoms with van der Waals surface area (Å²) in [6.07, 6.45) is 1.70. The van der Waals surface area contributed by atoms with Crippen molar-refractivity contribution in [3.8, 4) is 11.5 Å². The lowest BCUT2D eigenvalue weighted by Gasteiger charge is -2.01. The molecule has 0 fully saturated rings. The third-order valence-electron chi connectivity index (χ3n) is 3.59. The number of nitrogens with one attached hydrogen (secondary N) is 1. The molecule has 0 aliphatic rings. The van der Waals surface area contributed by atoms with Gasteiger partial charge in [0.2, 0.25) is 11.0 Å². The molecule has 5 nitrogen and oxygen atoms in total. The van der Waals surface area contributed by atoms with Crippen molar-refractivity contribution >= 4 is 33.9 Å². The third-order valence-corrected chi connectivity index (χ3v) is 5.60. The monoisotopic (exact) mass is 380 g/mol. The van der Waals surface area contributed by atoms with Crippen molar-refractivity contribution < 1.29 is 4.42 Å². The largest absolute Gasteiger partial charge is 0.444 e. The molecular weight excluding hydrogens is 364 g/mol. The van der Waals surface area contributed by atoms with Gasteiger partial charge < -0.3 is 9.73 Å². The van der Waals surface area contributed by atoms with E-state index in [9.17, 15) is 0 Å². The van der Waals surface area contributed by atoms with E-state index in [1.807, 2.05) is 42.5 Å². The number of nitrogens with zero attached hydrogens (tertiary/aromatic N) is 3. The Morgan fingerprint density at radius 3 is 2.81 bits per heavy atom. The molecular formula is C19H16N4OS2. The second-order valence-electron chi connectivity index (χ2n) is 5.67. The van der Waals surface area contributed by atoms with E-state index in [0.717, 1.165) is 26.4 Å². The Morgan fingerprint density at radius 1 is 1.08 bits per heavy atom. The van der Waals surface area contributed by atoms with Gasteiger partial charge in [0.05, 0.1) is 5.69 Å². The van der Waals surface area contributed by atoms with Gasteiger partial charge in [-0.2, -0.15) is 0 Å². The Kier molecular flexibility index (Phi) is 4.99. The molecule has 0 saturated heterocycles. The predicted molar refractivity (Wildman–Crippen MR) is 106 cm³/mol. The number of hydrogen-bond acceptors (Lipinski definition) is 7. The Labute approximate surface area is 159 Å². The van der Waals surface area contributed by atoms with E-state index in [0.29, 0.717) is 11.6 Å². The molecule has 0 atom stereocenters. The van der Waals surface area contributed by atoms with Crippen LogP contribution in [0.15, 0.2) is 69.6 Å². The fourth-order valence-electron chi connectivity index (χ4n) is 2.39. The molecule has 26 heavy (non-hydrogen) atoms. The number of rotatable bonds is 6. The van der Waals surface area contributed by atoms with Crippen molar-refractivity contribution in [3.05, 3.63) is 72.1 Å². The maximum absolute atomic E-state index is 5.57. The van der Waals surface area contributed by atoms with Crippen molar-refractivity contribution in [1.82, 2.24) is 15.2 Å². The second kappa shape index (κ2) is 7.72. The maximum atomic E-state index is 5.57. The molecule has 7 heteroatoms. The SMILES string of the molecule is Cc1cccc(Nc2nnc(SCc3coc(-c4ccccc4)n3)s2)c1. The number of benzene rings is 2. The smallest absolute Gasteiger partial charge is 0.226 e. The van der Waals surface area contributed by atoms with Crippen LogP contribution in [-0.4, -0.2) is 15.2 Å². The minimum Gasteiger partial charge on any atom is -0.444 e. The summed E-state index contributed by atoms with van der Waals surface area (Å²) in [7, 11) is 0. The van der Waals surface area contributed by atoms with Gasteiger partial charge in [-0.25, -0.2) is 4.98 Å². The topological polar surface area (TPSA) is 63.8 Å². The van der Waals surface area contributed by atoms with Crippen molar-refractivity contribution in [2.75, 3.05) is 5.32 Å². The molecule has 0 radical (unpaired) electrons. The van der Waals surface area contributed by atoms with Gasteiger partial charge in [-0.05, 0) is 36.8 Å². The average molecular weight is 380 g/mol. The van der Waals surface area contributed by atoms with Crippen molar-refractivity contribution in [3.63, 3.8) is 0 Å². The van der Waals surface area contributed by atoms with Gasteiger partial charge in [0.25, 0.3) is 0 Å². The fraction of sp³-hybridized carbons (Fsp3) is 0.105. The van der Waals surface area contributed by atoms with Crippen LogP contribution in [-0.2, 0) is 5.75 Å². The Morgan fingerprint density at radius 2 is 1.96 bits per heavy atom. The van der Waals surface area contributed by atoms with E-state index in [4.69, 9.17) is 4.42 Å². The minimum absolute atomic E-state index is 0.639. The summed E-state index contributed by atoms with van der Waals surface area (Å²) in [5, 5.41) is 12.5. The van der Waals surface area contributed by atoms with E-state index in [2.05, 4.69) is 39.6 Å². The third kappa shape index (κ3) is 4.12. The first-order valence-electron chi connectivity index (χ1n) is 8.06. The first-order chi connectivity index (χ1) is 12.8. The van der Waals surface area contributed by atoms with E-state index in [1.54, 1.807) is 18.0 Å². The highest BCUT2D eigenvalue weighted by molar-refractivity contribution is 8.00. The van der Waals surface area contributed by atoms with Gasteiger partial charge in [-0.3, -0.25) is 0 Å². The van der Waals surface area contributed by atoms with Crippen molar-refractivity contribution in [2.24, 2.45) is 0 Å². The summed E-state index contributed by atoms with van der Waals surface area (Å²) in [4.78, 5) is 4.53. The first-order valence-corrected chi connectivity index (χ1v) is 9.86. The molecule has 0 spiro atoms. The van der Waals surface area contributed by atoms with Gasteiger partial charge >= 0.3 is 0 Å². The summed E-state index contributed by atoms with van der Waals surface area (Å²) >= 11 is 3.13. The number of oxazole rings is 1. The number of thioether (sulfide) groups is 1. The summed E-state index contributed by atoms with van der Waals surface area (Å²) in [5.41, 5.74) is 4.08. The standard InChI is InChI=1S/C19H16N4OS2/c1-13-6-5-9-15(10-13)21-18-22-23-19(26-18)25-12-16-11-24-17(20-16)14-7-3-2-4-8-14/h2-11H,12H2,1H3,(H,21,22). The Balaban J connectivity index is 1.37. The van der Waals surface area contributed by atoms with Crippen LogP contribution in [0, 0.1) is 6.92 Å². The Bertz CT molecular complexity index is 997. The lowest BCUT2D eigenvalue weighted by atomic mass is 10.2. The van der Waals surface area contributed by atoms with Crippen molar-refractivity contribution in [2.45, 2.75) is 17.0 Å². The molecule has 0 aliphatic heterocycles.